The van der Waals surface area contributed by atoms with Crippen LogP contribution >= 0.6 is 0 Å². The highest BCUT2D eigenvalue weighted by Gasteiger charge is 2.49. The second kappa shape index (κ2) is 4.40. The molecule has 0 aliphatic carbocycles. The standard InChI is InChI=1S/C12H22O3/c1-7(2)9-5-13-12-10(15-8(3)4)6-14-11(9)12/h7-12H,5-6H2,1-4H3/t9-,10+,11+,12+/m0/s1. The second-order valence-corrected chi connectivity index (χ2v) is 5.23. The molecule has 2 rings (SSSR count). The van der Waals surface area contributed by atoms with Crippen LogP contribution in [0, 0.1) is 11.8 Å². The van der Waals surface area contributed by atoms with Gasteiger partial charge in [0.1, 0.15) is 12.2 Å². The molecule has 4 atom stereocenters. The van der Waals surface area contributed by atoms with E-state index in [1.54, 1.807) is 0 Å². The molecule has 88 valence electrons. The van der Waals surface area contributed by atoms with Gasteiger partial charge in [-0.25, -0.2) is 0 Å². The van der Waals surface area contributed by atoms with Crippen LogP contribution in [0.2, 0.25) is 0 Å². The normalized spacial score (nSPS) is 40.4. The topological polar surface area (TPSA) is 27.7 Å². The van der Waals surface area contributed by atoms with Crippen molar-refractivity contribution in [2.45, 2.75) is 52.1 Å². The second-order valence-electron chi connectivity index (χ2n) is 5.23. The number of hydrogen-bond acceptors (Lipinski definition) is 3. The third-order valence-electron chi connectivity index (χ3n) is 3.35. The van der Waals surface area contributed by atoms with Crippen LogP contribution in [0.25, 0.3) is 0 Å². The number of fused-ring (bicyclic) bond motifs is 1. The zero-order chi connectivity index (χ0) is 11.0. The van der Waals surface area contributed by atoms with E-state index in [1.807, 2.05) is 0 Å². The summed E-state index contributed by atoms with van der Waals surface area (Å²) in [6.07, 6.45) is 0.811. The monoisotopic (exact) mass is 214 g/mol. The summed E-state index contributed by atoms with van der Waals surface area (Å²) in [4.78, 5) is 0. The van der Waals surface area contributed by atoms with Crippen molar-refractivity contribution < 1.29 is 14.2 Å². The predicted molar refractivity (Wildman–Crippen MR) is 57.8 cm³/mol. The van der Waals surface area contributed by atoms with E-state index < -0.39 is 0 Å². The molecule has 0 aromatic carbocycles. The fraction of sp³-hybridized carbons (Fsp3) is 1.00. The zero-order valence-corrected chi connectivity index (χ0v) is 10.1. The van der Waals surface area contributed by atoms with Crippen LogP contribution < -0.4 is 0 Å². The van der Waals surface area contributed by atoms with E-state index in [0.29, 0.717) is 18.4 Å². The molecule has 2 aliphatic rings. The van der Waals surface area contributed by atoms with Gasteiger partial charge in [-0.2, -0.15) is 0 Å². The molecule has 0 radical (unpaired) electrons. The summed E-state index contributed by atoms with van der Waals surface area (Å²) >= 11 is 0. The molecule has 3 nitrogen and oxygen atoms in total. The van der Waals surface area contributed by atoms with Crippen molar-refractivity contribution in [1.82, 2.24) is 0 Å². The van der Waals surface area contributed by atoms with E-state index >= 15 is 0 Å². The molecule has 0 amide bonds. The minimum absolute atomic E-state index is 0.138. The van der Waals surface area contributed by atoms with Crippen LogP contribution in [-0.4, -0.2) is 37.6 Å². The van der Waals surface area contributed by atoms with Crippen molar-refractivity contribution in [3.63, 3.8) is 0 Å². The summed E-state index contributed by atoms with van der Waals surface area (Å²) in [5.74, 6) is 1.16. The third kappa shape index (κ3) is 2.19. The molecule has 2 heterocycles. The first-order valence-corrected chi connectivity index (χ1v) is 5.98. The van der Waals surface area contributed by atoms with Gasteiger partial charge in [-0.3, -0.25) is 0 Å². The van der Waals surface area contributed by atoms with Crippen LogP contribution in [0.3, 0.4) is 0 Å². The molecular weight excluding hydrogens is 192 g/mol. The minimum Gasteiger partial charge on any atom is -0.372 e. The van der Waals surface area contributed by atoms with Crippen molar-refractivity contribution in [3.05, 3.63) is 0 Å². The van der Waals surface area contributed by atoms with Crippen molar-refractivity contribution in [1.29, 1.82) is 0 Å². The Hall–Kier alpha value is -0.120. The van der Waals surface area contributed by atoms with Gasteiger partial charge in [0.2, 0.25) is 0 Å². The Labute approximate surface area is 92.1 Å². The number of hydrogen-bond donors (Lipinski definition) is 0. The quantitative estimate of drug-likeness (QED) is 0.717. The van der Waals surface area contributed by atoms with Crippen molar-refractivity contribution in [3.8, 4) is 0 Å². The Morgan fingerprint density at radius 2 is 1.67 bits per heavy atom. The fourth-order valence-electron chi connectivity index (χ4n) is 2.53. The van der Waals surface area contributed by atoms with E-state index in [4.69, 9.17) is 14.2 Å². The van der Waals surface area contributed by atoms with Gasteiger partial charge in [0.25, 0.3) is 0 Å². The number of ether oxygens (including phenoxy) is 3. The van der Waals surface area contributed by atoms with Crippen LogP contribution in [-0.2, 0) is 14.2 Å². The molecular formula is C12H22O3. The van der Waals surface area contributed by atoms with Crippen molar-refractivity contribution in [2.24, 2.45) is 11.8 Å². The minimum atomic E-state index is 0.138. The van der Waals surface area contributed by atoms with E-state index in [-0.39, 0.29) is 24.4 Å². The smallest absolute Gasteiger partial charge is 0.112 e. The molecule has 0 saturated carbocycles. The molecule has 2 aliphatic heterocycles. The van der Waals surface area contributed by atoms with Gasteiger partial charge in [0, 0.05) is 5.92 Å². The molecule has 0 aromatic rings. The molecule has 0 bridgehead atoms. The Kier molecular flexibility index (Phi) is 3.33. The summed E-state index contributed by atoms with van der Waals surface area (Å²) in [5.41, 5.74) is 0. The van der Waals surface area contributed by atoms with E-state index in [9.17, 15) is 0 Å². The summed E-state index contributed by atoms with van der Waals surface area (Å²) in [5, 5.41) is 0. The van der Waals surface area contributed by atoms with Gasteiger partial charge < -0.3 is 14.2 Å². The van der Waals surface area contributed by atoms with Gasteiger partial charge in [-0.05, 0) is 19.8 Å². The Bertz CT molecular complexity index is 215. The molecule has 2 fully saturated rings. The van der Waals surface area contributed by atoms with Crippen LogP contribution in [0.1, 0.15) is 27.7 Å². The maximum absolute atomic E-state index is 5.81. The van der Waals surface area contributed by atoms with Crippen LogP contribution in [0.5, 0.6) is 0 Å². The first-order valence-electron chi connectivity index (χ1n) is 5.98. The average Bonchev–Trinajstić information content (AvgIpc) is 2.66. The molecule has 3 heteroatoms. The molecule has 0 unspecified atom stereocenters. The lowest BCUT2D eigenvalue weighted by atomic mass is 9.90. The molecule has 0 N–H and O–H groups in total. The lowest BCUT2D eigenvalue weighted by Crippen LogP contribution is -2.33. The average molecular weight is 214 g/mol. The lowest BCUT2D eigenvalue weighted by Gasteiger charge is -2.20. The SMILES string of the molecule is CC(C)O[C@@H]1CO[C@H]2[C@@H]1OC[C@H]2C(C)C. The maximum Gasteiger partial charge on any atom is 0.112 e. The van der Waals surface area contributed by atoms with Crippen LogP contribution in [0.4, 0.5) is 0 Å². The summed E-state index contributed by atoms with van der Waals surface area (Å²) in [7, 11) is 0. The van der Waals surface area contributed by atoms with Gasteiger partial charge >= 0.3 is 0 Å². The van der Waals surface area contributed by atoms with Gasteiger partial charge in [-0.1, -0.05) is 13.8 Å². The Morgan fingerprint density at radius 1 is 1.00 bits per heavy atom. The largest absolute Gasteiger partial charge is 0.372 e. The van der Waals surface area contributed by atoms with Crippen LogP contribution in [0.15, 0.2) is 0 Å². The fourth-order valence-corrected chi connectivity index (χ4v) is 2.53. The van der Waals surface area contributed by atoms with E-state index in [1.165, 1.54) is 0 Å². The predicted octanol–water partition coefficient (Wildman–Crippen LogP) is 1.85. The first-order chi connectivity index (χ1) is 7.09. The van der Waals surface area contributed by atoms with Gasteiger partial charge in [0.05, 0.1) is 25.4 Å². The zero-order valence-electron chi connectivity index (χ0n) is 10.1. The molecule has 2 saturated heterocycles. The highest BCUT2D eigenvalue weighted by molar-refractivity contribution is 4.95. The summed E-state index contributed by atoms with van der Waals surface area (Å²) in [6.45, 7) is 10.1. The van der Waals surface area contributed by atoms with E-state index in [0.717, 1.165) is 6.61 Å². The highest BCUT2D eigenvalue weighted by atomic mass is 16.6. The molecule has 0 spiro atoms. The maximum atomic E-state index is 5.81. The summed E-state index contributed by atoms with van der Waals surface area (Å²) < 4.78 is 17.4. The van der Waals surface area contributed by atoms with Gasteiger partial charge in [-0.15, -0.1) is 0 Å². The third-order valence-corrected chi connectivity index (χ3v) is 3.35. The Morgan fingerprint density at radius 3 is 2.27 bits per heavy atom. The first kappa shape index (κ1) is 11.4. The number of rotatable bonds is 3. The molecule has 15 heavy (non-hydrogen) atoms. The summed E-state index contributed by atoms with van der Waals surface area (Å²) in [6, 6.07) is 0. The lowest BCUT2D eigenvalue weighted by molar-refractivity contribution is -0.0587. The van der Waals surface area contributed by atoms with Crippen molar-refractivity contribution in [2.75, 3.05) is 13.2 Å². The molecule has 0 aromatic heterocycles. The highest BCUT2D eigenvalue weighted by Crippen LogP contribution is 2.36. The van der Waals surface area contributed by atoms with E-state index in [2.05, 4.69) is 27.7 Å². The van der Waals surface area contributed by atoms with Gasteiger partial charge in [0.15, 0.2) is 0 Å². The van der Waals surface area contributed by atoms with Crippen molar-refractivity contribution >= 4 is 0 Å². The Balaban J connectivity index is 1.96.